The number of hydrogen-bond donors (Lipinski definition) is 1. The molecule has 0 radical (unpaired) electrons. The molecular weight excluding hydrogens is 316 g/mol. The van der Waals surface area contributed by atoms with E-state index in [0.717, 1.165) is 5.56 Å². The smallest absolute Gasteiger partial charge is 0.219 e. The lowest BCUT2D eigenvalue weighted by Gasteiger charge is -2.37. The van der Waals surface area contributed by atoms with E-state index in [1.807, 2.05) is 38.2 Å². The van der Waals surface area contributed by atoms with Crippen LogP contribution >= 0.6 is 0 Å². The molecule has 2 rings (SSSR count). The lowest BCUT2D eigenvalue weighted by Crippen LogP contribution is -2.47. The van der Waals surface area contributed by atoms with E-state index in [4.69, 9.17) is 0 Å². The van der Waals surface area contributed by atoms with Gasteiger partial charge in [0.15, 0.2) is 5.78 Å². The maximum absolute atomic E-state index is 11.9. The minimum Gasteiger partial charge on any atom is -0.391 e. The Bertz CT molecular complexity index is 615. The third kappa shape index (κ3) is 5.16. The molecule has 0 aromatic heterocycles. The highest BCUT2D eigenvalue weighted by Gasteiger charge is 2.29. The zero-order chi connectivity index (χ0) is 18.4. The third-order valence-corrected chi connectivity index (χ3v) is 4.87. The molecule has 0 saturated heterocycles. The first-order valence-corrected chi connectivity index (χ1v) is 8.88. The molecule has 0 bridgehead atoms. The lowest BCUT2D eigenvalue weighted by atomic mass is 9.95. The van der Waals surface area contributed by atoms with Crippen molar-refractivity contribution in [3.63, 3.8) is 0 Å². The zero-order valence-corrected chi connectivity index (χ0v) is 15.3. The molecule has 1 aromatic carbocycles. The van der Waals surface area contributed by atoms with Crippen LogP contribution in [0.2, 0.25) is 0 Å². The number of likely N-dealkylation sites (N-methyl/N-ethyl adjacent to an activating group) is 1. The van der Waals surface area contributed by atoms with Gasteiger partial charge in [-0.2, -0.15) is 0 Å². The van der Waals surface area contributed by atoms with Crippen molar-refractivity contribution in [3.05, 3.63) is 48.2 Å². The standard InChI is InChI=1S/C20H28N2O3/c1-4-22(16(3)23)15(2)20(25)13-18-12-19(24)10-11-21(18)14-17-8-6-5-7-9-17/h5-11,15,18,20,25H,4,12-14H2,1-3H3/t15-,18?,20?/m0/s1. The molecule has 3 atom stereocenters. The number of allylic oxidation sites excluding steroid dienone is 1. The number of rotatable bonds is 7. The van der Waals surface area contributed by atoms with Crippen LogP contribution in [0, 0.1) is 0 Å². The number of aliphatic hydroxyl groups is 1. The summed E-state index contributed by atoms with van der Waals surface area (Å²) in [5.74, 6) is 0.0305. The molecule has 1 heterocycles. The average molecular weight is 344 g/mol. The number of amides is 1. The number of carbonyl (C=O) groups is 2. The van der Waals surface area contributed by atoms with Crippen molar-refractivity contribution in [3.8, 4) is 0 Å². The van der Waals surface area contributed by atoms with Gasteiger partial charge in [0, 0.05) is 38.7 Å². The summed E-state index contributed by atoms with van der Waals surface area (Å²) >= 11 is 0. The Morgan fingerprint density at radius 1 is 1.36 bits per heavy atom. The van der Waals surface area contributed by atoms with E-state index in [0.29, 0.717) is 25.9 Å². The highest BCUT2D eigenvalue weighted by molar-refractivity contribution is 5.90. The Labute approximate surface area is 149 Å². The van der Waals surface area contributed by atoms with Gasteiger partial charge < -0.3 is 14.9 Å². The topological polar surface area (TPSA) is 60.9 Å². The predicted molar refractivity (Wildman–Crippen MR) is 97.7 cm³/mol. The predicted octanol–water partition coefficient (Wildman–Crippen LogP) is 2.35. The normalized spacial score (nSPS) is 19.6. The molecule has 1 amide bonds. The van der Waals surface area contributed by atoms with Crippen molar-refractivity contribution in [2.45, 2.75) is 58.3 Å². The van der Waals surface area contributed by atoms with Crippen LogP contribution in [-0.2, 0) is 16.1 Å². The van der Waals surface area contributed by atoms with Gasteiger partial charge in [0.05, 0.1) is 12.1 Å². The fraction of sp³-hybridized carbons (Fsp3) is 0.500. The van der Waals surface area contributed by atoms with Crippen molar-refractivity contribution in [1.82, 2.24) is 9.80 Å². The highest BCUT2D eigenvalue weighted by Crippen LogP contribution is 2.22. The van der Waals surface area contributed by atoms with E-state index in [1.54, 1.807) is 11.0 Å². The molecule has 0 saturated carbocycles. The van der Waals surface area contributed by atoms with Crippen LogP contribution in [-0.4, -0.2) is 51.3 Å². The van der Waals surface area contributed by atoms with Crippen LogP contribution in [0.5, 0.6) is 0 Å². The Balaban J connectivity index is 2.07. The first-order chi connectivity index (χ1) is 11.9. The van der Waals surface area contributed by atoms with Gasteiger partial charge in [-0.3, -0.25) is 9.59 Å². The molecule has 136 valence electrons. The van der Waals surface area contributed by atoms with Crippen molar-refractivity contribution in [1.29, 1.82) is 0 Å². The summed E-state index contributed by atoms with van der Waals surface area (Å²) in [5.41, 5.74) is 1.16. The number of hydrogen-bond acceptors (Lipinski definition) is 4. The number of ketones is 1. The SMILES string of the molecule is CCN(C(C)=O)[C@@H](C)C(O)CC1CC(=O)C=CN1Cc1ccccc1. The lowest BCUT2D eigenvalue weighted by molar-refractivity contribution is -0.133. The first kappa shape index (κ1) is 19.2. The van der Waals surface area contributed by atoms with Crippen molar-refractivity contribution >= 4 is 11.7 Å². The Morgan fingerprint density at radius 2 is 2.04 bits per heavy atom. The fourth-order valence-electron chi connectivity index (χ4n) is 3.39. The average Bonchev–Trinajstić information content (AvgIpc) is 2.58. The van der Waals surface area contributed by atoms with Crippen LogP contribution in [0.3, 0.4) is 0 Å². The molecule has 1 aliphatic heterocycles. The molecule has 0 fully saturated rings. The van der Waals surface area contributed by atoms with Crippen molar-refractivity contribution in [2.75, 3.05) is 6.54 Å². The fourth-order valence-corrected chi connectivity index (χ4v) is 3.39. The Morgan fingerprint density at radius 3 is 2.64 bits per heavy atom. The molecule has 0 aliphatic carbocycles. The van der Waals surface area contributed by atoms with E-state index in [9.17, 15) is 14.7 Å². The molecule has 2 unspecified atom stereocenters. The first-order valence-electron chi connectivity index (χ1n) is 8.88. The summed E-state index contributed by atoms with van der Waals surface area (Å²) in [6.07, 6.45) is 3.59. The maximum Gasteiger partial charge on any atom is 0.219 e. The molecule has 1 N–H and O–H groups in total. The van der Waals surface area contributed by atoms with Gasteiger partial charge in [-0.15, -0.1) is 0 Å². The van der Waals surface area contributed by atoms with Gasteiger partial charge >= 0.3 is 0 Å². The van der Waals surface area contributed by atoms with E-state index >= 15 is 0 Å². The zero-order valence-electron chi connectivity index (χ0n) is 15.3. The summed E-state index contributed by atoms with van der Waals surface area (Å²) in [4.78, 5) is 27.3. The molecule has 5 nitrogen and oxygen atoms in total. The molecule has 5 heteroatoms. The second-order valence-corrected chi connectivity index (χ2v) is 6.65. The number of nitrogens with zero attached hydrogens (tertiary/aromatic N) is 2. The molecule has 0 spiro atoms. The summed E-state index contributed by atoms with van der Waals surface area (Å²) in [5, 5.41) is 10.6. The van der Waals surface area contributed by atoms with Gasteiger partial charge in [0.2, 0.25) is 5.91 Å². The summed E-state index contributed by atoms with van der Waals surface area (Å²) in [6.45, 7) is 6.53. The van der Waals surface area contributed by atoms with E-state index in [2.05, 4.69) is 17.0 Å². The number of benzene rings is 1. The monoisotopic (exact) mass is 344 g/mol. The van der Waals surface area contributed by atoms with Crippen LogP contribution in [0.15, 0.2) is 42.6 Å². The number of aliphatic hydroxyl groups excluding tert-OH is 1. The molecular formula is C20H28N2O3. The third-order valence-electron chi connectivity index (χ3n) is 4.87. The Kier molecular flexibility index (Phi) is 6.76. The summed E-state index contributed by atoms with van der Waals surface area (Å²) < 4.78 is 0. The highest BCUT2D eigenvalue weighted by atomic mass is 16.3. The van der Waals surface area contributed by atoms with Crippen LogP contribution in [0.1, 0.15) is 39.2 Å². The maximum atomic E-state index is 11.9. The molecule has 1 aliphatic rings. The largest absolute Gasteiger partial charge is 0.391 e. The van der Waals surface area contributed by atoms with E-state index in [-0.39, 0.29) is 23.8 Å². The van der Waals surface area contributed by atoms with Gasteiger partial charge in [0.1, 0.15) is 0 Å². The van der Waals surface area contributed by atoms with Gasteiger partial charge in [-0.05, 0) is 31.9 Å². The number of carbonyl (C=O) groups excluding carboxylic acids is 2. The molecule has 25 heavy (non-hydrogen) atoms. The van der Waals surface area contributed by atoms with Crippen molar-refractivity contribution < 1.29 is 14.7 Å². The minimum absolute atomic E-state index is 0.0465. The Hall–Kier alpha value is -2.14. The van der Waals surface area contributed by atoms with Crippen molar-refractivity contribution in [2.24, 2.45) is 0 Å². The second kappa shape index (κ2) is 8.81. The van der Waals surface area contributed by atoms with E-state index in [1.165, 1.54) is 6.92 Å². The van der Waals surface area contributed by atoms with Gasteiger partial charge in [-0.1, -0.05) is 30.3 Å². The van der Waals surface area contributed by atoms with Crippen LogP contribution < -0.4 is 0 Å². The second-order valence-electron chi connectivity index (χ2n) is 6.65. The van der Waals surface area contributed by atoms with Crippen LogP contribution in [0.4, 0.5) is 0 Å². The van der Waals surface area contributed by atoms with Crippen LogP contribution in [0.25, 0.3) is 0 Å². The minimum atomic E-state index is -0.675. The molecule has 1 aromatic rings. The van der Waals surface area contributed by atoms with Gasteiger partial charge in [-0.25, -0.2) is 0 Å². The van der Waals surface area contributed by atoms with Gasteiger partial charge in [0.25, 0.3) is 0 Å². The van der Waals surface area contributed by atoms with E-state index < -0.39 is 6.10 Å². The summed E-state index contributed by atoms with van der Waals surface area (Å²) in [7, 11) is 0. The summed E-state index contributed by atoms with van der Waals surface area (Å²) in [6, 6.07) is 9.72. The quantitative estimate of drug-likeness (QED) is 0.825.